The molecule has 10 heteroatoms. The second-order valence-corrected chi connectivity index (χ2v) is 12.9. The lowest BCUT2D eigenvalue weighted by molar-refractivity contribution is -0.144. The number of aliphatic hydroxyl groups excluding tert-OH is 2. The van der Waals surface area contributed by atoms with Crippen molar-refractivity contribution in [3.8, 4) is 5.75 Å². The normalized spacial score (nSPS) is 26.9. The van der Waals surface area contributed by atoms with Crippen LogP contribution in [0.4, 0.5) is 5.13 Å². The number of carbonyl (C=O) groups excluding carboxylic acids is 2. The van der Waals surface area contributed by atoms with Gasteiger partial charge in [-0.2, -0.15) is 0 Å². The van der Waals surface area contributed by atoms with Crippen molar-refractivity contribution in [1.29, 1.82) is 0 Å². The van der Waals surface area contributed by atoms with Crippen LogP contribution in [0.15, 0.2) is 48.8 Å². The molecule has 218 valence electrons. The molecular formula is C31H38N4O5S. The van der Waals surface area contributed by atoms with Crippen molar-refractivity contribution in [3.63, 3.8) is 0 Å². The van der Waals surface area contributed by atoms with Gasteiger partial charge in [0.15, 0.2) is 5.13 Å². The number of carbonyl (C=O) groups is 2. The molecule has 0 spiro atoms. The van der Waals surface area contributed by atoms with Gasteiger partial charge in [-0.25, -0.2) is 4.98 Å². The second-order valence-electron chi connectivity index (χ2n) is 11.8. The number of fused-ring (bicyclic) bond motifs is 2. The summed E-state index contributed by atoms with van der Waals surface area (Å²) >= 11 is 1.42. The van der Waals surface area contributed by atoms with Crippen LogP contribution >= 0.6 is 11.3 Å². The van der Waals surface area contributed by atoms with Gasteiger partial charge in [-0.05, 0) is 59.9 Å². The van der Waals surface area contributed by atoms with Crippen LogP contribution in [-0.4, -0.2) is 51.8 Å². The Hall–Kier alpha value is -3.34. The van der Waals surface area contributed by atoms with E-state index in [1.54, 1.807) is 19.5 Å². The topological polar surface area (TPSA) is 134 Å². The monoisotopic (exact) mass is 578 g/mol. The van der Waals surface area contributed by atoms with Crippen LogP contribution < -0.4 is 15.4 Å². The standard InChI is InChI=1S/C31H38N4O5S/c1-30-11-10-25(37)31(2,18-36)24(30)15-23-28(22(30)14-26(38)33-17-20-5-4-12-32-16-20)35-29(41-23)34-27(39)13-19-6-8-21(40-3)9-7-19/h4-9,12,16,22,24-25,36-37H,10-11,13-15,17-18H2,1-3H3,(H,33,38)(H,34,35,39)/t22-,24+,25-,30+,31+/m1/s1. The number of rotatable bonds is 9. The summed E-state index contributed by atoms with van der Waals surface area (Å²) in [7, 11) is 1.60. The average molecular weight is 579 g/mol. The van der Waals surface area contributed by atoms with Crippen molar-refractivity contribution in [2.24, 2.45) is 16.7 Å². The van der Waals surface area contributed by atoms with Gasteiger partial charge < -0.3 is 25.6 Å². The zero-order valence-corrected chi connectivity index (χ0v) is 24.5. The molecule has 5 rings (SSSR count). The SMILES string of the molecule is COc1ccc(CC(=O)Nc2nc3c(s2)C[C@@H]2[C@](C)(CO)[C@H](O)CC[C@@]2(C)[C@@H]3CC(=O)NCc2cccnc2)cc1. The number of benzene rings is 1. The lowest BCUT2D eigenvalue weighted by Crippen LogP contribution is -2.57. The lowest BCUT2D eigenvalue weighted by atomic mass is 9.47. The number of nitrogens with zero attached hydrogens (tertiary/aromatic N) is 2. The average Bonchev–Trinajstić information content (AvgIpc) is 3.38. The summed E-state index contributed by atoms with van der Waals surface area (Å²) < 4.78 is 5.20. The molecule has 2 heterocycles. The molecule has 41 heavy (non-hydrogen) atoms. The van der Waals surface area contributed by atoms with Crippen molar-refractivity contribution < 1.29 is 24.5 Å². The van der Waals surface area contributed by atoms with Crippen LogP contribution in [0.5, 0.6) is 5.75 Å². The van der Waals surface area contributed by atoms with Crippen LogP contribution in [0, 0.1) is 16.7 Å². The highest BCUT2D eigenvalue weighted by molar-refractivity contribution is 7.15. The zero-order chi connectivity index (χ0) is 29.2. The molecule has 4 N–H and O–H groups in total. The first-order valence-electron chi connectivity index (χ1n) is 14.0. The van der Waals surface area contributed by atoms with Crippen LogP contribution in [-0.2, 0) is 29.0 Å². The third-order valence-corrected chi connectivity index (χ3v) is 10.3. The summed E-state index contributed by atoms with van der Waals surface area (Å²) in [6.07, 6.45) is 5.09. The molecule has 9 nitrogen and oxygen atoms in total. The number of nitrogens with one attached hydrogen (secondary N) is 2. The highest BCUT2D eigenvalue weighted by atomic mass is 32.1. The summed E-state index contributed by atoms with van der Waals surface area (Å²) in [5.74, 6) is 0.169. The smallest absolute Gasteiger partial charge is 0.230 e. The van der Waals surface area contributed by atoms with Crippen molar-refractivity contribution in [2.45, 2.75) is 64.5 Å². The number of aromatic nitrogens is 2. The molecule has 0 unspecified atom stereocenters. The summed E-state index contributed by atoms with van der Waals surface area (Å²) in [5.41, 5.74) is 1.53. The van der Waals surface area contributed by atoms with Gasteiger partial charge in [-0.3, -0.25) is 14.6 Å². The summed E-state index contributed by atoms with van der Waals surface area (Å²) in [6.45, 7) is 4.35. The lowest BCUT2D eigenvalue weighted by Gasteiger charge is -2.58. The molecule has 2 aliphatic carbocycles. The number of aliphatic hydroxyl groups is 2. The molecule has 2 amide bonds. The van der Waals surface area contributed by atoms with E-state index in [4.69, 9.17) is 9.72 Å². The number of thiazole rings is 1. The Morgan fingerprint density at radius 1 is 1.15 bits per heavy atom. The van der Waals surface area contributed by atoms with E-state index in [1.165, 1.54) is 11.3 Å². The first-order chi connectivity index (χ1) is 19.7. The Bertz CT molecular complexity index is 1380. The maximum absolute atomic E-state index is 13.3. The molecule has 1 fully saturated rings. The number of hydrogen-bond acceptors (Lipinski definition) is 8. The molecular weight excluding hydrogens is 540 g/mol. The Morgan fingerprint density at radius 3 is 2.61 bits per heavy atom. The zero-order valence-electron chi connectivity index (χ0n) is 23.7. The van der Waals surface area contributed by atoms with Gasteiger partial charge in [0, 0.05) is 41.6 Å². The molecule has 0 aliphatic heterocycles. The third kappa shape index (κ3) is 5.86. The third-order valence-electron chi connectivity index (χ3n) is 9.27. The fourth-order valence-electron chi connectivity index (χ4n) is 6.75. The molecule has 5 atom stereocenters. The Balaban J connectivity index is 1.40. The minimum absolute atomic E-state index is 0.0596. The summed E-state index contributed by atoms with van der Waals surface area (Å²) in [5, 5.41) is 28.0. The number of anilines is 1. The van der Waals surface area contributed by atoms with Crippen LogP contribution in [0.1, 0.15) is 60.7 Å². The van der Waals surface area contributed by atoms with E-state index >= 15 is 0 Å². The molecule has 1 aromatic carbocycles. The molecule has 1 saturated carbocycles. The molecule has 0 saturated heterocycles. The van der Waals surface area contributed by atoms with E-state index in [2.05, 4.69) is 22.5 Å². The van der Waals surface area contributed by atoms with Gasteiger partial charge in [-0.1, -0.05) is 32.0 Å². The van der Waals surface area contributed by atoms with Gasteiger partial charge in [0.05, 0.1) is 31.9 Å². The Kier molecular flexibility index (Phi) is 8.45. The minimum atomic E-state index is -0.711. The van der Waals surface area contributed by atoms with Gasteiger partial charge in [0.2, 0.25) is 11.8 Å². The van der Waals surface area contributed by atoms with Gasteiger partial charge >= 0.3 is 0 Å². The van der Waals surface area contributed by atoms with Crippen LogP contribution in [0.3, 0.4) is 0 Å². The first kappa shape index (κ1) is 29.2. The predicted octanol–water partition coefficient (Wildman–Crippen LogP) is 3.85. The summed E-state index contributed by atoms with van der Waals surface area (Å²) in [6, 6.07) is 11.1. The van der Waals surface area contributed by atoms with Crippen LogP contribution in [0.2, 0.25) is 0 Å². The van der Waals surface area contributed by atoms with E-state index in [0.29, 0.717) is 30.9 Å². The maximum atomic E-state index is 13.3. The Morgan fingerprint density at radius 2 is 1.93 bits per heavy atom. The van der Waals surface area contributed by atoms with E-state index in [1.807, 2.05) is 43.3 Å². The second kappa shape index (κ2) is 11.9. The summed E-state index contributed by atoms with van der Waals surface area (Å²) in [4.78, 5) is 36.2. The number of methoxy groups -OCH3 is 1. The number of hydrogen-bond donors (Lipinski definition) is 4. The van der Waals surface area contributed by atoms with Gasteiger partial charge in [0.25, 0.3) is 0 Å². The fraction of sp³-hybridized carbons (Fsp3) is 0.484. The highest BCUT2D eigenvalue weighted by Gasteiger charge is 2.59. The molecule has 2 aromatic heterocycles. The quantitative estimate of drug-likeness (QED) is 0.303. The first-order valence-corrected chi connectivity index (χ1v) is 14.8. The fourth-order valence-corrected chi connectivity index (χ4v) is 7.84. The predicted molar refractivity (Wildman–Crippen MR) is 157 cm³/mol. The number of amides is 2. The molecule has 3 aromatic rings. The Labute approximate surface area is 244 Å². The van der Waals surface area contributed by atoms with E-state index in [-0.39, 0.29) is 48.5 Å². The number of ether oxygens (including phenoxy) is 1. The molecule has 0 bridgehead atoms. The van der Waals surface area contributed by atoms with Crippen LogP contribution in [0.25, 0.3) is 0 Å². The van der Waals surface area contributed by atoms with E-state index < -0.39 is 11.5 Å². The maximum Gasteiger partial charge on any atom is 0.230 e. The van der Waals surface area contributed by atoms with Crippen molar-refractivity contribution in [3.05, 3.63) is 70.5 Å². The van der Waals surface area contributed by atoms with E-state index in [9.17, 15) is 19.8 Å². The molecule has 2 aliphatic rings. The van der Waals surface area contributed by atoms with E-state index in [0.717, 1.165) is 27.4 Å². The van der Waals surface area contributed by atoms with Crippen molar-refractivity contribution in [1.82, 2.24) is 15.3 Å². The van der Waals surface area contributed by atoms with Crippen molar-refractivity contribution >= 4 is 28.3 Å². The molecule has 0 radical (unpaired) electrons. The number of pyridine rings is 1. The van der Waals surface area contributed by atoms with Crippen molar-refractivity contribution in [2.75, 3.05) is 19.0 Å². The van der Waals surface area contributed by atoms with Gasteiger partial charge in [-0.15, -0.1) is 11.3 Å². The minimum Gasteiger partial charge on any atom is -0.497 e. The largest absolute Gasteiger partial charge is 0.497 e. The van der Waals surface area contributed by atoms with Gasteiger partial charge in [0.1, 0.15) is 5.75 Å². The highest BCUT2D eigenvalue weighted by Crippen LogP contribution is 2.62.